The van der Waals surface area contributed by atoms with E-state index in [0.717, 1.165) is 0 Å². The molecule has 0 radical (unpaired) electrons. The SMILES string of the molecule is C=CCl.CN. The van der Waals surface area contributed by atoms with Crippen LogP contribution in [0.15, 0.2) is 12.1 Å². The Balaban J connectivity index is 0. The van der Waals surface area contributed by atoms with Gasteiger partial charge in [-0.1, -0.05) is 18.2 Å². The van der Waals surface area contributed by atoms with Crippen molar-refractivity contribution in [2.24, 2.45) is 5.73 Å². The van der Waals surface area contributed by atoms with Crippen LogP contribution in [-0.4, -0.2) is 7.05 Å². The van der Waals surface area contributed by atoms with Crippen LogP contribution in [0, 0.1) is 0 Å². The zero-order chi connectivity index (χ0) is 4.71. The second-order valence-corrected chi connectivity index (χ2v) is 0.463. The van der Waals surface area contributed by atoms with Crippen LogP contribution in [0.25, 0.3) is 0 Å². The Bertz CT molecular complexity index is 14.4. The van der Waals surface area contributed by atoms with Crippen molar-refractivity contribution >= 4 is 11.6 Å². The van der Waals surface area contributed by atoms with Crippen LogP contribution < -0.4 is 5.73 Å². The third-order valence-electron chi connectivity index (χ3n) is 0. The predicted molar refractivity (Wildman–Crippen MR) is 26.2 cm³/mol. The molecule has 2 N–H and O–H groups in total. The number of hydrogen-bond donors (Lipinski definition) is 1. The van der Waals surface area contributed by atoms with Crippen molar-refractivity contribution in [3.05, 3.63) is 12.1 Å². The maximum absolute atomic E-state index is 4.76. The fraction of sp³-hybridized carbons (Fsp3) is 0.333. The van der Waals surface area contributed by atoms with Crippen molar-refractivity contribution < 1.29 is 0 Å². The van der Waals surface area contributed by atoms with Crippen molar-refractivity contribution in [1.82, 2.24) is 0 Å². The Kier molecular flexibility index (Phi) is 64.7. The summed E-state index contributed by atoms with van der Waals surface area (Å²) < 4.78 is 0. The Morgan fingerprint density at radius 3 is 1.80 bits per heavy atom. The van der Waals surface area contributed by atoms with Gasteiger partial charge in [0.2, 0.25) is 0 Å². The molecule has 0 fully saturated rings. The topological polar surface area (TPSA) is 26.0 Å². The van der Waals surface area contributed by atoms with Gasteiger partial charge in [0.05, 0.1) is 0 Å². The van der Waals surface area contributed by atoms with Gasteiger partial charge in [0.25, 0.3) is 0 Å². The van der Waals surface area contributed by atoms with Gasteiger partial charge in [0.1, 0.15) is 0 Å². The first kappa shape index (κ1) is 8.89. The minimum Gasteiger partial charge on any atom is -0.333 e. The largest absolute Gasteiger partial charge is 0.333 e. The molecule has 0 rings (SSSR count). The van der Waals surface area contributed by atoms with Crippen molar-refractivity contribution in [1.29, 1.82) is 0 Å². The number of rotatable bonds is 0. The first-order valence-corrected chi connectivity index (χ1v) is 1.64. The molecule has 0 aliphatic heterocycles. The summed E-state index contributed by atoms with van der Waals surface area (Å²) in [5.74, 6) is 0. The van der Waals surface area contributed by atoms with Gasteiger partial charge >= 0.3 is 0 Å². The third-order valence-corrected chi connectivity index (χ3v) is 0. The van der Waals surface area contributed by atoms with E-state index >= 15 is 0 Å². The first-order chi connectivity index (χ1) is 2.41. The average Bonchev–Trinajstić information content (AvgIpc) is 1.46. The van der Waals surface area contributed by atoms with Gasteiger partial charge in [-0.15, -0.1) is 0 Å². The minimum absolute atomic E-state index is 1.22. The molecule has 0 spiro atoms. The van der Waals surface area contributed by atoms with E-state index in [0.29, 0.717) is 0 Å². The van der Waals surface area contributed by atoms with E-state index in [1.807, 2.05) is 0 Å². The second kappa shape index (κ2) is 36.4. The van der Waals surface area contributed by atoms with Gasteiger partial charge in [-0.3, -0.25) is 0 Å². The number of hydrogen-bond acceptors (Lipinski definition) is 1. The molecule has 1 nitrogen and oxygen atoms in total. The summed E-state index contributed by atoms with van der Waals surface area (Å²) in [5.41, 5.74) is 5.72. The Morgan fingerprint density at radius 2 is 1.80 bits per heavy atom. The molecule has 0 bridgehead atoms. The van der Waals surface area contributed by atoms with Gasteiger partial charge in [-0.2, -0.15) is 0 Å². The highest BCUT2D eigenvalue weighted by Crippen LogP contribution is 1.60. The lowest BCUT2D eigenvalue weighted by Gasteiger charge is -1.27. The first-order valence-electron chi connectivity index (χ1n) is 1.20. The maximum Gasteiger partial charge on any atom is -0.00296 e. The molecule has 32 valence electrons. The molecule has 0 amide bonds. The van der Waals surface area contributed by atoms with Gasteiger partial charge in [0.15, 0.2) is 0 Å². The molecule has 0 atom stereocenters. The molecule has 0 aromatic heterocycles. The van der Waals surface area contributed by atoms with Crippen LogP contribution in [0.2, 0.25) is 0 Å². The molecule has 0 saturated carbocycles. The summed E-state index contributed by atoms with van der Waals surface area (Å²) in [7, 11) is 1.50. The van der Waals surface area contributed by atoms with E-state index in [1.54, 1.807) is 0 Å². The van der Waals surface area contributed by atoms with E-state index < -0.39 is 0 Å². The van der Waals surface area contributed by atoms with Crippen LogP contribution in [0.1, 0.15) is 0 Å². The Hall–Kier alpha value is -0.0100. The zero-order valence-corrected chi connectivity index (χ0v) is 4.00. The van der Waals surface area contributed by atoms with Gasteiger partial charge < -0.3 is 5.73 Å². The fourth-order valence-corrected chi connectivity index (χ4v) is 0. The second-order valence-electron chi connectivity index (χ2n) is 0.154. The lowest BCUT2D eigenvalue weighted by atomic mass is 11.3. The van der Waals surface area contributed by atoms with Gasteiger partial charge in [0, 0.05) is 0 Å². The van der Waals surface area contributed by atoms with Crippen LogP contribution in [-0.2, 0) is 0 Å². The van der Waals surface area contributed by atoms with E-state index in [4.69, 9.17) is 11.6 Å². The molecular formula is C3H8ClN. The molecule has 0 saturated heterocycles. The molecular weight excluding hydrogens is 85.5 g/mol. The third kappa shape index (κ3) is 158000. The van der Waals surface area contributed by atoms with Crippen molar-refractivity contribution in [3.8, 4) is 0 Å². The molecule has 0 aromatic rings. The molecule has 2 heteroatoms. The van der Waals surface area contributed by atoms with Crippen molar-refractivity contribution in [2.45, 2.75) is 0 Å². The van der Waals surface area contributed by atoms with Crippen LogP contribution >= 0.6 is 11.6 Å². The van der Waals surface area contributed by atoms with E-state index in [-0.39, 0.29) is 0 Å². The normalized spacial score (nSPS) is 3.80. The maximum atomic E-state index is 4.76. The standard InChI is InChI=1S/C2H3Cl.CH5N/c1-2-3;1-2/h2H,1H2;2H2,1H3. The monoisotopic (exact) mass is 93.0 g/mol. The Morgan fingerprint density at radius 1 is 1.80 bits per heavy atom. The van der Waals surface area contributed by atoms with Crippen LogP contribution in [0.5, 0.6) is 0 Å². The molecule has 0 aliphatic rings. The van der Waals surface area contributed by atoms with Crippen molar-refractivity contribution in [2.75, 3.05) is 7.05 Å². The number of nitrogens with two attached hydrogens (primary N) is 1. The van der Waals surface area contributed by atoms with E-state index in [2.05, 4.69) is 12.3 Å². The summed E-state index contributed by atoms with van der Waals surface area (Å²) in [6.07, 6.45) is 0. The average molecular weight is 93.6 g/mol. The van der Waals surface area contributed by atoms with E-state index in [1.165, 1.54) is 12.6 Å². The summed E-state index contributed by atoms with van der Waals surface area (Å²) in [4.78, 5) is 0. The van der Waals surface area contributed by atoms with Crippen molar-refractivity contribution in [3.63, 3.8) is 0 Å². The summed E-state index contributed by atoms with van der Waals surface area (Å²) >= 11 is 4.76. The number of halogens is 1. The lowest BCUT2D eigenvalue weighted by molar-refractivity contribution is 1.48. The molecule has 5 heavy (non-hydrogen) atoms. The highest BCUT2D eigenvalue weighted by atomic mass is 35.5. The quantitative estimate of drug-likeness (QED) is 0.474. The fourth-order valence-electron chi connectivity index (χ4n) is 0. The molecule has 0 heterocycles. The van der Waals surface area contributed by atoms with Crippen LogP contribution in [0.4, 0.5) is 0 Å². The highest BCUT2D eigenvalue weighted by molar-refractivity contribution is 6.25. The Labute approximate surface area is 37.4 Å². The minimum atomic E-state index is 1.22. The highest BCUT2D eigenvalue weighted by Gasteiger charge is 1.18. The molecule has 0 aromatic carbocycles. The van der Waals surface area contributed by atoms with E-state index in [9.17, 15) is 0 Å². The van der Waals surface area contributed by atoms with Gasteiger partial charge in [-0.25, -0.2) is 0 Å². The smallest absolute Gasteiger partial charge is 0.00296 e. The zero-order valence-electron chi connectivity index (χ0n) is 3.24. The van der Waals surface area contributed by atoms with Crippen LogP contribution in [0.3, 0.4) is 0 Å². The summed E-state index contributed by atoms with van der Waals surface area (Å²) in [5, 5.41) is 0. The summed E-state index contributed by atoms with van der Waals surface area (Å²) in [6, 6.07) is 0. The van der Waals surface area contributed by atoms with Gasteiger partial charge in [-0.05, 0) is 12.6 Å². The lowest BCUT2D eigenvalue weighted by Crippen LogP contribution is -1.69. The molecule has 0 unspecified atom stereocenters. The molecule has 0 aliphatic carbocycles. The summed E-state index contributed by atoms with van der Waals surface area (Å²) in [6.45, 7) is 3.13. The predicted octanol–water partition coefficient (Wildman–Crippen LogP) is 0.944.